The van der Waals surface area contributed by atoms with Gasteiger partial charge in [0.1, 0.15) is 5.75 Å². The van der Waals surface area contributed by atoms with Crippen LogP contribution >= 0.6 is 11.3 Å². The summed E-state index contributed by atoms with van der Waals surface area (Å²) in [5, 5.41) is 12.0. The number of nitrogens with zero attached hydrogens (tertiary/aromatic N) is 2. The molecular formula is C16H11N3O2S. The first-order valence-electron chi connectivity index (χ1n) is 6.45. The number of benzene rings is 2. The van der Waals surface area contributed by atoms with Crippen molar-refractivity contribution in [3.05, 3.63) is 53.6 Å². The summed E-state index contributed by atoms with van der Waals surface area (Å²) in [5.41, 5.74) is 1.78. The van der Waals surface area contributed by atoms with Crippen LogP contribution in [-0.2, 0) is 0 Å². The number of hydrogen-bond acceptors (Lipinski definition) is 5. The van der Waals surface area contributed by atoms with Gasteiger partial charge in [0, 0.05) is 11.6 Å². The summed E-state index contributed by atoms with van der Waals surface area (Å²) in [5.74, 6) is 0.471. The van der Waals surface area contributed by atoms with E-state index in [1.165, 1.54) is 11.3 Å². The van der Waals surface area contributed by atoms with Gasteiger partial charge in [-0.2, -0.15) is 5.26 Å². The highest BCUT2D eigenvalue weighted by Crippen LogP contribution is 2.29. The van der Waals surface area contributed by atoms with Gasteiger partial charge in [0.2, 0.25) is 0 Å². The van der Waals surface area contributed by atoms with Crippen molar-refractivity contribution < 1.29 is 9.53 Å². The molecule has 0 atom stereocenters. The molecule has 5 nitrogen and oxygen atoms in total. The van der Waals surface area contributed by atoms with E-state index in [4.69, 9.17) is 10.00 Å². The van der Waals surface area contributed by atoms with Gasteiger partial charge in [0.05, 0.1) is 29.0 Å². The third-order valence-corrected chi connectivity index (χ3v) is 4.04. The molecule has 6 heteroatoms. The fourth-order valence-electron chi connectivity index (χ4n) is 1.95. The summed E-state index contributed by atoms with van der Waals surface area (Å²) in [4.78, 5) is 16.5. The molecule has 3 aromatic rings. The second kappa shape index (κ2) is 5.84. The number of nitriles is 1. The normalized spacial score (nSPS) is 10.2. The summed E-state index contributed by atoms with van der Waals surface area (Å²) in [7, 11) is 1.60. The number of hydrogen-bond donors (Lipinski definition) is 1. The Hall–Kier alpha value is -2.91. The van der Waals surface area contributed by atoms with Gasteiger partial charge >= 0.3 is 0 Å². The van der Waals surface area contributed by atoms with Crippen molar-refractivity contribution in [2.45, 2.75) is 0 Å². The molecule has 3 rings (SSSR count). The Labute approximate surface area is 130 Å². The molecule has 1 N–H and O–H groups in total. The fourth-order valence-corrected chi connectivity index (χ4v) is 2.79. The Balaban J connectivity index is 1.82. The Morgan fingerprint density at radius 3 is 2.73 bits per heavy atom. The lowest BCUT2D eigenvalue weighted by atomic mass is 10.1. The summed E-state index contributed by atoms with van der Waals surface area (Å²) >= 11 is 1.40. The number of thiazole rings is 1. The number of aromatic nitrogens is 1. The highest BCUT2D eigenvalue weighted by atomic mass is 32.1. The summed E-state index contributed by atoms with van der Waals surface area (Å²) in [6, 6.07) is 14.0. The van der Waals surface area contributed by atoms with Crippen LogP contribution in [0.15, 0.2) is 42.5 Å². The zero-order valence-corrected chi connectivity index (χ0v) is 12.5. The number of fused-ring (bicyclic) bond motifs is 1. The number of methoxy groups -OCH3 is 1. The van der Waals surface area contributed by atoms with Crippen LogP contribution in [0.5, 0.6) is 5.75 Å². The van der Waals surface area contributed by atoms with Crippen molar-refractivity contribution in [3.63, 3.8) is 0 Å². The van der Waals surface area contributed by atoms with E-state index in [-0.39, 0.29) is 5.91 Å². The molecule has 0 saturated carbocycles. The highest BCUT2D eigenvalue weighted by molar-refractivity contribution is 7.22. The van der Waals surface area contributed by atoms with Gasteiger partial charge in [-0.15, -0.1) is 0 Å². The Kier molecular flexibility index (Phi) is 3.73. The maximum Gasteiger partial charge on any atom is 0.257 e. The maximum absolute atomic E-state index is 12.2. The Morgan fingerprint density at radius 2 is 2.05 bits per heavy atom. The van der Waals surface area contributed by atoms with Crippen molar-refractivity contribution in [2.24, 2.45) is 0 Å². The lowest BCUT2D eigenvalue weighted by Crippen LogP contribution is -2.11. The molecule has 108 valence electrons. The van der Waals surface area contributed by atoms with Crippen LogP contribution in [0.3, 0.4) is 0 Å². The first kappa shape index (κ1) is 14.0. The number of carbonyl (C=O) groups excluding carboxylic acids is 1. The molecule has 0 unspecified atom stereocenters. The van der Waals surface area contributed by atoms with Crippen molar-refractivity contribution in [1.29, 1.82) is 5.26 Å². The van der Waals surface area contributed by atoms with Gasteiger partial charge in [0.15, 0.2) is 5.13 Å². The Morgan fingerprint density at radius 1 is 1.27 bits per heavy atom. The van der Waals surface area contributed by atoms with Crippen molar-refractivity contribution in [1.82, 2.24) is 4.98 Å². The van der Waals surface area contributed by atoms with Crippen LogP contribution in [0, 0.1) is 11.3 Å². The zero-order valence-electron chi connectivity index (χ0n) is 11.7. The van der Waals surface area contributed by atoms with Gasteiger partial charge in [-0.05, 0) is 36.4 Å². The molecule has 0 spiro atoms. The van der Waals surface area contributed by atoms with Gasteiger partial charge in [0.25, 0.3) is 5.91 Å². The fraction of sp³-hybridized carbons (Fsp3) is 0.0625. The quantitative estimate of drug-likeness (QED) is 0.804. The standard InChI is InChI=1S/C16H11N3O2S/c1-21-12-6-7-14-13(8-12)18-16(22-14)19-15(20)11-4-2-10(9-17)3-5-11/h2-8H,1H3,(H,18,19,20). The lowest BCUT2D eigenvalue weighted by Gasteiger charge is -2.01. The minimum atomic E-state index is -0.254. The molecule has 1 amide bonds. The zero-order chi connectivity index (χ0) is 15.5. The van der Waals surface area contributed by atoms with E-state index < -0.39 is 0 Å². The topological polar surface area (TPSA) is 75.0 Å². The van der Waals surface area contributed by atoms with E-state index in [1.807, 2.05) is 24.3 Å². The maximum atomic E-state index is 12.2. The monoisotopic (exact) mass is 309 g/mol. The van der Waals surface area contributed by atoms with Gasteiger partial charge in [-0.1, -0.05) is 11.3 Å². The molecule has 0 aliphatic heterocycles. The minimum absolute atomic E-state index is 0.254. The number of amides is 1. The van der Waals surface area contributed by atoms with Crippen LogP contribution in [-0.4, -0.2) is 18.0 Å². The first-order valence-corrected chi connectivity index (χ1v) is 7.27. The highest BCUT2D eigenvalue weighted by Gasteiger charge is 2.10. The predicted molar refractivity (Wildman–Crippen MR) is 85.3 cm³/mol. The van der Waals surface area contributed by atoms with Crippen molar-refractivity contribution in [3.8, 4) is 11.8 Å². The average molecular weight is 309 g/mol. The summed E-state index contributed by atoms with van der Waals surface area (Å²) in [6.45, 7) is 0. The minimum Gasteiger partial charge on any atom is -0.497 e. The Bertz CT molecular complexity index is 879. The molecule has 0 fully saturated rings. The van der Waals surface area contributed by atoms with Crippen molar-refractivity contribution in [2.75, 3.05) is 12.4 Å². The predicted octanol–water partition coefficient (Wildman–Crippen LogP) is 3.43. The molecule has 0 radical (unpaired) electrons. The van der Waals surface area contributed by atoms with E-state index in [0.717, 1.165) is 16.0 Å². The number of rotatable bonds is 3. The van der Waals surface area contributed by atoms with Crippen LogP contribution < -0.4 is 10.1 Å². The van der Waals surface area contributed by atoms with E-state index in [9.17, 15) is 4.79 Å². The number of anilines is 1. The SMILES string of the molecule is COc1ccc2sc(NC(=O)c3ccc(C#N)cc3)nc2c1. The molecule has 0 aliphatic carbocycles. The van der Waals surface area contributed by atoms with Crippen LogP contribution in [0.1, 0.15) is 15.9 Å². The largest absolute Gasteiger partial charge is 0.497 e. The number of carbonyl (C=O) groups is 1. The molecule has 1 aromatic heterocycles. The lowest BCUT2D eigenvalue weighted by molar-refractivity contribution is 0.102. The smallest absolute Gasteiger partial charge is 0.257 e. The third-order valence-electron chi connectivity index (χ3n) is 3.09. The van der Waals surface area contributed by atoms with Crippen LogP contribution in [0.2, 0.25) is 0 Å². The molecule has 1 heterocycles. The molecule has 2 aromatic carbocycles. The van der Waals surface area contributed by atoms with Crippen molar-refractivity contribution >= 4 is 32.6 Å². The van der Waals surface area contributed by atoms with E-state index in [0.29, 0.717) is 16.3 Å². The molecule has 0 saturated heterocycles. The van der Waals surface area contributed by atoms with Crippen LogP contribution in [0.4, 0.5) is 5.13 Å². The van der Waals surface area contributed by atoms with E-state index >= 15 is 0 Å². The summed E-state index contributed by atoms with van der Waals surface area (Å²) in [6.07, 6.45) is 0. The van der Waals surface area contributed by atoms with E-state index in [1.54, 1.807) is 31.4 Å². The van der Waals surface area contributed by atoms with Crippen LogP contribution in [0.25, 0.3) is 10.2 Å². The number of nitrogens with one attached hydrogen (secondary N) is 1. The van der Waals surface area contributed by atoms with Gasteiger partial charge < -0.3 is 4.74 Å². The molecule has 0 bridgehead atoms. The number of ether oxygens (including phenoxy) is 1. The molecule has 0 aliphatic rings. The van der Waals surface area contributed by atoms with Gasteiger partial charge in [-0.25, -0.2) is 4.98 Å². The third kappa shape index (κ3) is 2.75. The second-order valence-corrected chi connectivity index (χ2v) is 5.53. The molecular weight excluding hydrogens is 298 g/mol. The van der Waals surface area contributed by atoms with E-state index in [2.05, 4.69) is 10.3 Å². The van der Waals surface area contributed by atoms with Gasteiger partial charge in [-0.3, -0.25) is 10.1 Å². The summed E-state index contributed by atoms with van der Waals surface area (Å²) < 4.78 is 6.12. The average Bonchev–Trinajstić information content (AvgIpc) is 2.95. The second-order valence-electron chi connectivity index (χ2n) is 4.50. The first-order chi connectivity index (χ1) is 10.7. The molecule has 22 heavy (non-hydrogen) atoms.